The van der Waals surface area contributed by atoms with Crippen molar-refractivity contribution in [1.29, 1.82) is 5.41 Å². The third kappa shape index (κ3) is 3.22. The van der Waals surface area contributed by atoms with Gasteiger partial charge >= 0.3 is 0 Å². The molecule has 1 heterocycles. The van der Waals surface area contributed by atoms with Crippen LogP contribution < -0.4 is 10.5 Å². The van der Waals surface area contributed by atoms with Crippen molar-refractivity contribution in [1.82, 2.24) is 9.03 Å². The summed E-state index contributed by atoms with van der Waals surface area (Å²) in [7, 11) is -3.63. The average molecular weight is 235 g/mol. The molecule has 0 bridgehead atoms. The third-order valence-electron chi connectivity index (χ3n) is 2.06. The maximum absolute atomic E-state index is 11.5. The number of hydrogen-bond acceptors (Lipinski definition) is 5. The lowest BCUT2D eigenvalue weighted by molar-refractivity contribution is 0.463. The van der Waals surface area contributed by atoms with Gasteiger partial charge in [-0.2, -0.15) is 22.4 Å². The van der Waals surface area contributed by atoms with Crippen LogP contribution in [0, 0.1) is 10.3 Å². The second kappa shape index (κ2) is 4.64. The van der Waals surface area contributed by atoms with Crippen LogP contribution in [0.15, 0.2) is 5.18 Å². The second-order valence-corrected chi connectivity index (χ2v) is 5.01. The molecular weight excluding hydrogens is 222 g/mol. The number of nitrogens with two attached hydrogens (primary N) is 1. The Morgan fingerprint density at radius 2 is 2.33 bits per heavy atom. The van der Waals surface area contributed by atoms with E-state index in [1.54, 1.807) is 0 Å². The molecule has 0 saturated carbocycles. The van der Waals surface area contributed by atoms with Gasteiger partial charge in [0.1, 0.15) is 11.9 Å². The van der Waals surface area contributed by atoms with Crippen LogP contribution in [0.25, 0.3) is 0 Å². The van der Waals surface area contributed by atoms with E-state index in [0.29, 0.717) is 6.42 Å². The molecule has 1 aliphatic rings. The molecule has 1 atom stereocenters. The van der Waals surface area contributed by atoms with Crippen molar-refractivity contribution in [3.05, 3.63) is 4.91 Å². The van der Waals surface area contributed by atoms with E-state index < -0.39 is 16.3 Å². The van der Waals surface area contributed by atoms with Gasteiger partial charge in [-0.25, -0.2) is 0 Å². The Hall–Kier alpha value is -1.06. The summed E-state index contributed by atoms with van der Waals surface area (Å²) < 4.78 is 26.3. The van der Waals surface area contributed by atoms with Crippen LogP contribution in [-0.4, -0.2) is 44.2 Å². The van der Waals surface area contributed by atoms with E-state index in [0.717, 1.165) is 4.31 Å². The van der Waals surface area contributed by atoms with E-state index in [2.05, 4.69) is 9.90 Å². The van der Waals surface area contributed by atoms with Crippen molar-refractivity contribution >= 4 is 16.0 Å². The molecule has 8 nitrogen and oxygen atoms in total. The van der Waals surface area contributed by atoms with E-state index in [4.69, 9.17) is 11.1 Å². The van der Waals surface area contributed by atoms with Crippen LogP contribution in [0.2, 0.25) is 0 Å². The molecule has 1 aliphatic heterocycles. The predicted molar refractivity (Wildman–Crippen MR) is 54.6 cm³/mol. The Balaban J connectivity index is 2.55. The molecular formula is C6H13N5O3S. The summed E-state index contributed by atoms with van der Waals surface area (Å²) in [5, 5.41) is 9.68. The van der Waals surface area contributed by atoms with E-state index in [1.165, 1.54) is 0 Å². The lowest BCUT2D eigenvalue weighted by atomic mass is 10.3. The molecule has 1 fully saturated rings. The molecule has 0 amide bonds. The lowest BCUT2D eigenvalue weighted by Crippen LogP contribution is -2.42. The highest BCUT2D eigenvalue weighted by atomic mass is 32.2. The van der Waals surface area contributed by atoms with Crippen molar-refractivity contribution in [2.75, 3.05) is 19.6 Å². The maximum Gasteiger partial charge on any atom is 0.279 e. The van der Waals surface area contributed by atoms with Crippen LogP contribution in [0.4, 0.5) is 0 Å². The summed E-state index contributed by atoms with van der Waals surface area (Å²) in [4.78, 5) is 10.2. The zero-order valence-electron chi connectivity index (χ0n) is 8.01. The van der Waals surface area contributed by atoms with Crippen LogP contribution in [-0.2, 0) is 10.2 Å². The van der Waals surface area contributed by atoms with Gasteiger partial charge in [-0.1, -0.05) is 5.18 Å². The molecule has 1 saturated heterocycles. The summed E-state index contributed by atoms with van der Waals surface area (Å²) in [5.41, 5.74) is 5.02. The summed E-state index contributed by atoms with van der Waals surface area (Å²) in [6.07, 6.45) is 0.435. The fourth-order valence-electron chi connectivity index (χ4n) is 1.28. The van der Waals surface area contributed by atoms with Crippen molar-refractivity contribution in [3.8, 4) is 0 Å². The molecule has 0 radical (unpaired) electrons. The van der Waals surface area contributed by atoms with Crippen molar-refractivity contribution in [3.63, 3.8) is 0 Å². The number of nitroso groups, excluding NO2 is 1. The Kier molecular flexibility index (Phi) is 3.72. The van der Waals surface area contributed by atoms with Gasteiger partial charge in [-0.3, -0.25) is 5.41 Å². The quantitative estimate of drug-likeness (QED) is 0.307. The number of rotatable bonds is 5. The minimum atomic E-state index is -3.63. The summed E-state index contributed by atoms with van der Waals surface area (Å²) in [5.74, 6) is -0.261. The Morgan fingerprint density at radius 3 is 2.80 bits per heavy atom. The fourth-order valence-corrected chi connectivity index (χ4v) is 2.51. The molecule has 1 rings (SSSR count). The highest BCUT2D eigenvalue weighted by Gasteiger charge is 2.31. The third-order valence-corrected chi connectivity index (χ3v) is 3.58. The Bertz CT molecular complexity index is 354. The maximum atomic E-state index is 11.5. The molecule has 0 aromatic carbocycles. The lowest BCUT2D eigenvalue weighted by Gasteiger charge is -2.15. The van der Waals surface area contributed by atoms with E-state index in [-0.39, 0.29) is 25.5 Å². The normalized spacial score (nSPS) is 22.8. The van der Waals surface area contributed by atoms with Gasteiger partial charge in [-0.15, -0.1) is 0 Å². The number of hydrogen-bond donors (Lipinski definition) is 3. The molecule has 15 heavy (non-hydrogen) atoms. The molecule has 0 spiro atoms. The van der Waals surface area contributed by atoms with Gasteiger partial charge in [-0.05, 0) is 6.42 Å². The topological polar surface area (TPSA) is 129 Å². The smallest absolute Gasteiger partial charge is 0.279 e. The van der Waals surface area contributed by atoms with Gasteiger partial charge < -0.3 is 5.73 Å². The molecule has 0 unspecified atom stereocenters. The zero-order valence-corrected chi connectivity index (χ0v) is 8.83. The molecule has 4 N–H and O–H groups in total. The van der Waals surface area contributed by atoms with Crippen LogP contribution in [0.1, 0.15) is 6.42 Å². The Labute approximate surface area is 87.5 Å². The largest absolute Gasteiger partial charge is 0.387 e. The van der Waals surface area contributed by atoms with Crippen LogP contribution in [0.5, 0.6) is 0 Å². The van der Waals surface area contributed by atoms with E-state index in [9.17, 15) is 13.3 Å². The molecule has 0 aliphatic carbocycles. The van der Waals surface area contributed by atoms with Gasteiger partial charge in [0.15, 0.2) is 0 Å². The highest BCUT2D eigenvalue weighted by Crippen LogP contribution is 2.14. The molecule has 9 heteroatoms. The summed E-state index contributed by atoms with van der Waals surface area (Å²) in [6.45, 7) is 0.137. The highest BCUT2D eigenvalue weighted by molar-refractivity contribution is 7.87. The van der Waals surface area contributed by atoms with Gasteiger partial charge in [0, 0.05) is 13.1 Å². The van der Waals surface area contributed by atoms with Crippen molar-refractivity contribution < 1.29 is 8.42 Å². The minimum Gasteiger partial charge on any atom is -0.387 e. The fraction of sp³-hybridized carbons (Fsp3) is 0.833. The average Bonchev–Trinajstić information content (AvgIpc) is 2.63. The molecule has 86 valence electrons. The summed E-state index contributed by atoms with van der Waals surface area (Å²) in [6, 6.07) is -0.473. The first kappa shape index (κ1) is 12.0. The number of nitrogens with zero attached hydrogens (tertiary/aromatic N) is 2. The minimum absolute atomic E-state index is 0.0940. The van der Waals surface area contributed by atoms with Gasteiger partial charge in [0.25, 0.3) is 10.2 Å². The number of nitrogens with one attached hydrogen (secondary N) is 2. The van der Waals surface area contributed by atoms with Gasteiger partial charge in [0.2, 0.25) is 0 Å². The molecule has 0 aromatic rings. The zero-order chi connectivity index (χ0) is 11.5. The van der Waals surface area contributed by atoms with Crippen molar-refractivity contribution in [2.45, 2.75) is 12.5 Å². The second-order valence-electron chi connectivity index (χ2n) is 3.26. The first-order chi connectivity index (χ1) is 6.95. The summed E-state index contributed by atoms with van der Waals surface area (Å²) >= 11 is 0. The SMILES string of the molecule is N=C(N)CNS(=O)(=O)N1CC[C@@H](N=O)C1. The van der Waals surface area contributed by atoms with Gasteiger partial charge in [0.05, 0.1) is 6.54 Å². The van der Waals surface area contributed by atoms with Crippen LogP contribution in [0.3, 0.4) is 0 Å². The predicted octanol–water partition coefficient (Wildman–Crippen LogP) is -1.40. The molecule has 0 aromatic heterocycles. The first-order valence-electron chi connectivity index (χ1n) is 4.36. The standard InChI is InChI=1S/C6H13N5O3S/c7-6(8)3-9-15(13,14)11-2-1-5(4-11)10-12/h5,9H,1-4H2,(H3,7,8)/t5-/m1/s1. The number of amidine groups is 1. The van der Waals surface area contributed by atoms with Crippen molar-refractivity contribution in [2.24, 2.45) is 10.9 Å². The van der Waals surface area contributed by atoms with Crippen LogP contribution >= 0.6 is 0 Å². The van der Waals surface area contributed by atoms with E-state index in [1.807, 2.05) is 0 Å². The first-order valence-corrected chi connectivity index (χ1v) is 5.80. The Morgan fingerprint density at radius 1 is 1.67 bits per heavy atom. The monoisotopic (exact) mass is 235 g/mol. The van der Waals surface area contributed by atoms with E-state index >= 15 is 0 Å².